The smallest absolute Gasteiger partial charge is 0.374 e. The lowest BCUT2D eigenvalue weighted by Gasteiger charge is -2.25. The number of aromatic nitrogens is 1. The normalized spacial score (nSPS) is 17.9. The summed E-state index contributed by atoms with van der Waals surface area (Å²) in [5.41, 5.74) is 0.675. The highest BCUT2D eigenvalue weighted by molar-refractivity contribution is 5.84. The molecular formula is C9H13N3O3. The van der Waals surface area contributed by atoms with Crippen molar-refractivity contribution in [2.24, 2.45) is 0 Å². The molecule has 0 spiro atoms. The molecular weight excluding hydrogens is 198 g/mol. The number of nitrogens with one attached hydrogen (secondary N) is 1. The van der Waals surface area contributed by atoms with Crippen molar-refractivity contribution in [1.82, 2.24) is 15.4 Å². The molecule has 0 aliphatic carbocycles. The highest BCUT2D eigenvalue weighted by Crippen LogP contribution is 2.07. The van der Waals surface area contributed by atoms with E-state index in [4.69, 9.17) is 5.11 Å². The second-order valence-electron chi connectivity index (χ2n) is 3.51. The maximum Gasteiger partial charge on any atom is 0.374 e. The van der Waals surface area contributed by atoms with E-state index in [-0.39, 0.29) is 5.76 Å². The van der Waals surface area contributed by atoms with E-state index in [0.717, 1.165) is 26.2 Å². The molecule has 1 saturated heterocycles. The Kier molecular flexibility index (Phi) is 2.98. The van der Waals surface area contributed by atoms with Gasteiger partial charge in [0, 0.05) is 38.8 Å². The first kappa shape index (κ1) is 10.1. The van der Waals surface area contributed by atoms with Crippen molar-refractivity contribution >= 4 is 5.97 Å². The van der Waals surface area contributed by atoms with Crippen LogP contribution in [0.4, 0.5) is 0 Å². The number of aromatic carboxylic acids is 1. The average molecular weight is 211 g/mol. The maximum absolute atomic E-state index is 10.5. The Balaban J connectivity index is 1.94. The van der Waals surface area contributed by atoms with Crippen molar-refractivity contribution in [3.8, 4) is 0 Å². The van der Waals surface area contributed by atoms with E-state index in [9.17, 15) is 4.79 Å². The third kappa shape index (κ3) is 2.54. The van der Waals surface area contributed by atoms with Crippen LogP contribution in [0.5, 0.6) is 0 Å². The van der Waals surface area contributed by atoms with Crippen LogP contribution in [-0.2, 0) is 6.54 Å². The lowest BCUT2D eigenvalue weighted by molar-refractivity contribution is 0.0652. The van der Waals surface area contributed by atoms with E-state index < -0.39 is 5.97 Å². The lowest BCUT2D eigenvalue weighted by atomic mass is 10.3. The molecule has 6 nitrogen and oxygen atoms in total. The minimum atomic E-state index is -1.07. The summed E-state index contributed by atoms with van der Waals surface area (Å²) in [5, 5.41) is 15.6. The zero-order chi connectivity index (χ0) is 10.7. The fraction of sp³-hybridized carbons (Fsp3) is 0.556. The predicted octanol–water partition coefficient (Wildman–Crippen LogP) is -0.222. The van der Waals surface area contributed by atoms with Crippen molar-refractivity contribution in [3.05, 3.63) is 17.5 Å². The molecule has 2 rings (SSSR count). The fourth-order valence-corrected chi connectivity index (χ4v) is 1.59. The summed E-state index contributed by atoms with van der Waals surface area (Å²) < 4.78 is 4.68. The summed E-state index contributed by atoms with van der Waals surface area (Å²) in [6.07, 6.45) is 0. The van der Waals surface area contributed by atoms with Crippen molar-refractivity contribution < 1.29 is 14.4 Å². The minimum absolute atomic E-state index is 0.0971. The summed E-state index contributed by atoms with van der Waals surface area (Å²) >= 11 is 0. The van der Waals surface area contributed by atoms with Gasteiger partial charge in [0.1, 0.15) is 0 Å². The molecule has 1 aliphatic heterocycles. The van der Waals surface area contributed by atoms with Crippen LogP contribution in [0, 0.1) is 0 Å². The quantitative estimate of drug-likeness (QED) is 0.719. The molecule has 0 amide bonds. The summed E-state index contributed by atoms with van der Waals surface area (Å²) in [7, 11) is 0. The third-order valence-electron chi connectivity index (χ3n) is 2.36. The van der Waals surface area contributed by atoms with Gasteiger partial charge in [0.15, 0.2) is 0 Å². The van der Waals surface area contributed by atoms with Gasteiger partial charge in [-0.25, -0.2) is 4.79 Å². The van der Waals surface area contributed by atoms with Gasteiger partial charge >= 0.3 is 5.97 Å². The molecule has 15 heavy (non-hydrogen) atoms. The van der Waals surface area contributed by atoms with E-state index in [0.29, 0.717) is 12.2 Å². The SMILES string of the molecule is O=C(O)c1cc(CN2CCNCC2)no1. The maximum atomic E-state index is 10.5. The Hall–Kier alpha value is -1.40. The van der Waals surface area contributed by atoms with Gasteiger partial charge in [-0.05, 0) is 0 Å². The highest BCUT2D eigenvalue weighted by atomic mass is 16.5. The highest BCUT2D eigenvalue weighted by Gasteiger charge is 2.15. The molecule has 1 fully saturated rings. The summed E-state index contributed by atoms with van der Waals surface area (Å²) in [6, 6.07) is 1.48. The first-order chi connectivity index (χ1) is 7.25. The molecule has 0 bridgehead atoms. The molecule has 2 heterocycles. The van der Waals surface area contributed by atoms with Crippen molar-refractivity contribution in [3.63, 3.8) is 0 Å². The minimum Gasteiger partial charge on any atom is -0.475 e. The van der Waals surface area contributed by atoms with Crippen LogP contribution in [0.1, 0.15) is 16.2 Å². The van der Waals surface area contributed by atoms with Crippen LogP contribution in [0.3, 0.4) is 0 Å². The number of nitrogens with zero attached hydrogens (tertiary/aromatic N) is 2. The standard InChI is InChI=1S/C9H13N3O3/c13-9(14)8-5-7(11-15-8)6-12-3-1-10-2-4-12/h5,10H,1-4,6H2,(H,13,14). The zero-order valence-electron chi connectivity index (χ0n) is 8.27. The van der Waals surface area contributed by atoms with Gasteiger partial charge in [0.2, 0.25) is 5.76 Å². The van der Waals surface area contributed by atoms with Gasteiger partial charge in [-0.1, -0.05) is 5.16 Å². The first-order valence-electron chi connectivity index (χ1n) is 4.87. The van der Waals surface area contributed by atoms with Gasteiger partial charge in [0.25, 0.3) is 0 Å². The van der Waals surface area contributed by atoms with Gasteiger partial charge in [-0.15, -0.1) is 0 Å². The van der Waals surface area contributed by atoms with Gasteiger partial charge in [-0.3, -0.25) is 4.90 Å². The van der Waals surface area contributed by atoms with Crippen LogP contribution >= 0.6 is 0 Å². The monoisotopic (exact) mass is 211 g/mol. The topological polar surface area (TPSA) is 78.6 Å². The second-order valence-corrected chi connectivity index (χ2v) is 3.51. The molecule has 0 radical (unpaired) electrons. The summed E-state index contributed by atoms with van der Waals surface area (Å²) in [5.74, 6) is -1.17. The van der Waals surface area contributed by atoms with Crippen molar-refractivity contribution in [2.75, 3.05) is 26.2 Å². The number of hydrogen-bond donors (Lipinski definition) is 2. The van der Waals surface area contributed by atoms with Gasteiger partial charge in [-0.2, -0.15) is 0 Å². The largest absolute Gasteiger partial charge is 0.475 e. The Morgan fingerprint density at radius 2 is 2.33 bits per heavy atom. The van der Waals surface area contributed by atoms with Gasteiger partial charge < -0.3 is 14.9 Å². The molecule has 1 aliphatic rings. The van der Waals surface area contributed by atoms with Crippen LogP contribution in [0.15, 0.2) is 10.6 Å². The second kappa shape index (κ2) is 4.41. The predicted molar refractivity (Wildman–Crippen MR) is 51.6 cm³/mol. The number of piperazine rings is 1. The summed E-state index contributed by atoms with van der Waals surface area (Å²) in [6.45, 7) is 4.48. The lowest BCUT2D eigenvalue weighted by Crippen LogP contribution is -2.42. The molecule has 0 unspecified atom stereocenters. The Bertz CT molecular complexity index is 344. The van der Waals surface area contributed by atoms with Gasteiger partial charge in [0.05, 0.1) is 5.69 Å². The molecule has 6 heteroatoms. The number of rotatable bonds is 3. The fourth-order valence-electron chi connectivity index (χ4n) is 1.59. The third-order valence-corrected chi connectivity index (χ3v) is 2.36. The molecule has 0 aromatic carbocycles. The van der Waals surface area contributed by atoms with Crippen LogP contribution in [0.25, 0.3) is 0 Å². The van der Waals surface area contributed by atoms with E-state index in [1.165, 1.54) is 6.07 Å². The molecule has 2 N–H and O–H groups in total. The Morgan fingerprint density at radius 1 is 1.60 bits per heavy atom. The van der Waals surface area contributed by atoms with Crippen molar-refractivity contribution in [1.29, 1.82) is 0 Å². The Labute approximate surface area is 86.8 Å². The van der Waals surface area contributed by atoms with Crippen LogP contribution < -0.4 is 5.32 Å². The number of carboxylic acid groups (broad SMARTS) is 1. The average Bonchev–Trinajstić information content (AvgIpc) is 2.68. The molecule has 0 saturated carbocycles. The summed E-state index contributed by atoms with van der Waals surface area (Å²) in [4.78, 5) is 12.8. The number of carboxylic acids is 1. The molecule has 1 aromatic rings. The van der Waals surface area contributed by atoms with Crippen LogP contribution in [0.2, 0.25) is 0 Å². The van der Waals surface area contributed by atoms with E-state index in [1.807, 2.05) is 0 Å². The number of carbonyl (C=O) groups is 1. The van der Waals surface area contributed by atoms with Crippen molar-refractivity contribution in [2.45, 2.75) is 6.54 Å². The molecule has 82 valence electrons. The van der Waals surface area contributed by atoms with E-state index in [2.05, 4.69) is 19.9 Å². The number of hydrogen-bond acceptors (Lipinski definition) is 5. The zero-order valence-corrected chi connectivity index (χ0v) is 8.27. The Morgan fingerprint density at radius 3 is 2.93 bits per heavy atom. The van der Waals surface area contributed by atoms with Crippen LogP contribution in [-0.4, -0.2) is 47.3 Å². The van der Waals surface area contributed by atoms with E-state index in [1.54, 1.807) is 0 Å². The molecule has 0 atom stereocenters. The van der Waals surface area contributed by atoms with E-state index >= 15 is 0 Å². The first-order valence-corrected chi connectivity index (χ1v) is 4.87. The molecule has 1 aromatic heterocycles.